The molecule has 36 heteroatoms. The maximum atomic E-state index is 14.9. The average molecular weight is 1650 g/mol. The first kappa shape index (κ1) is 87.8. The number of rotatable bonds is 26. The SMILES string of the molecule is COC(=O)[C@H]1O[C@@H](O[C@H]2[C@@H](OC(C)=O)[C@@H](COC(C)=O)O[C@@H](O[C@H]3[C@@H](OC(C)=O)[C@@H](COC(C)=O)O[C@@H](O[C@@H]4CO[C@@H](OC(=N)C(Cl)(Cl)Cl)[C@H](OC(=O)c5ccc(C)cc5)[C@H]4OC(=O)c4ccc(C)cc4)[C@@H]3OC(C)=O)[C@@H]2OC(C)=O)[C@H](OC(=O)c2ccc(C)cc2)[C@@H](OC(=O)c2ccc(C)cc2)[C@@H]1OC(=O)c1ccc(C)cc1. The molecule has 19 atom stereocenters. The predicted octanol–water partition coefficient (Wildman–Crippen LogP) is 7.73. The maximum absolute atomic E-state index is 14.9. The third-order valence-corrected chi connectivity index (χ3v) is 18.2. The van der Waals surface area contributed by atoms with Gasteiger partial charge in [-0.05, 0) is 95.3 Å². The number of carbonyl (C=O) groups excluding carboxylic acids is 12. The Labute approximate surface area is 667 Å². The van der Waals surface area contributed by atoms with Crippen molar-refractivity contribution in [2.24, 2.45) is 0 Å². The molecule has 5 aromatic rings. The summed E-state index contributed by atoms with van der Waals surface area (Å²) in [6, 6.07) is 29.4. The van der Waals surface area contributed by atoms with E-state index in [1.165, 1.54) is 60.7 Å². The van der Waals surface area contributed by atoms with Gasteiger partial charge >= 0.3 is 71.6 Å². The van der Waals surface area contributed by atoms with Gasteiger partial charge in [-0.15, -0.1) is 0 Å². The second-order valence-electron chi connectivity index (χ2n) is 26.6. The molecule has 0 bridgehead atoms. The molecule has 0 unspecified atom stereocenters. The Morgan fingerprint density at radius 3 is 0.965 bits per heavy atom. The number of alkyl halides is 3. The lowest BCUT2D eigenvalue weighted by Crippen LogP contribution is -2.69. The Morgan fingerprint density at radius 1 is 0.351 bits per heavy atom. The molecule has 5 aromatic carbocycles. The van der Waals surface area contributed by atoms with Crippen LogP contribution in [0.3, 0.4) is 0 Å². The number of nitrogens with one attached hydrogen (secondary N) is 1. The highest BCUT2D eigenvalue weighted by Crippen LogP contribution is 2.41. The molecule has 0 aliphatic carbocycles. The Hall–Kier alpha value is -10.2. The number of benzene rings is 5. The lowest BCUT2D eigenvalue weighted by atomic mass is 9.94. The number of esters is 12. The minimum atomic E-state index is -2.60. The van der Waals surface area contributed by atoms with Crippen LogP contribution in [0.1, 0.15) is 121 Å². The van der Waals surface area contributed by atoms with Crippen LogP contribution >= 0.6 is 34.8 Å². The highest BCUT2D eigenvalue weighted by atomic mass is 35.6. The fraction of sp³-hybridized carbons (Fsp3) is 0.449. The molecule has 0 aromatic heterocycles. The number of aryl methyl sites for hydroxylation is 5. The second-order valence-corrected chi connectivity index (χ2v) is 28.9. The summed E-state index contributed by atoms with van der Waals surface area (Å²) in [6.07, 6.45) is -41.1. The van der Waals surface area contributed by atoms with Crippen molar-refractivity contribution in [3.8, 4) is 0 Å². The molecule has 4 heterocycles. The molecule has 1 N–H and O–H groups in total. The van der Waals surface area contributed by atoms with E-state index in [0.29, 0.717) is 22.3 Å². The van der Waals surface area contributed by atoms with Gasteiger partial charge in [0.2, 0.25) is 24.6 Å². The zero-order valence-electron chi connectivity index (χ0n) is 63.3. The van der Waals surface area contributed by atoms with Gasteiger partial charge < -0.3 is 94.7 Å². The summed E-state index contributed by atoms with van der Waals surface area (Å²) < 4.78 is 120. The van der Waals surface area contributed by atoms with E-state index >= 15 is 0 Å². The Kier molecular flexibility index (Phi) is 30.2. The third-order valence-electron chi connectivity index (χ3n) is 17.6. The zero-order chi connectivity index (χ0) is 83.2. The molecule has 0 spiro atoms. The highest BCUT2D eigenvalue weighted by Gasteiger charge is 2.63. The quantitative estimate of drug-likeness (QED) is 0.0182. The topological polar surface area (TPSA) is 413 Å². The van der Waals surface area contributed by atoms with Crippen LogP contribution in [0.15, 0.2) is 121 Å². The van der Waals surface area contributed by atoms with Gasteiger partial charge in [0.1, 0.15) is 43.7 Å². The van der Waals surface area contributed by atoms with Crippen molar-refractivity contribution in [3.63, 3.8) is 0 Å². The van der Waals surface area contributed by atoms with Gasteiger partial charge in [-0.25, -0.2) is 28.8 Å². The number of carbonyl (C=O) groups is 12. The van der Waals surface area contributed by atoms with Gasteiger partial charge in [-0.3, -0.25) is 34.2 Å². The lowest BCUT2D eigenvalue weighted by Gasteiger charge is -2.51. The molecule has 612 valence electrons. The number of halogens is 3. The number of hydrogen-bond acceptors (Lipinski definition) is 33. The monoisotopic (exact) mass is 1650 g/mol. The van der Waals surface area contributed by atoms with Crippen LogP contribution in [-0.2, 0) is 128 Å². The second kappa shape index (κ2) is 39.2. The van der Waals surface area contributed by atoms with Crippen molar-refractivity contribution in [3.05, 3.63) is 177 Å². The van der Waals surface area contributed by atoms with Crippen LogP contribution < -0.4 is 0 Å². The predicted molar refractivity (Wildman–Crippen MR) is 389 cm³/mol. The first-order valence-corrected chi connectivity index (χ1v) is 36.4. The smallest absolute Gasteiger partial charge is 0.339 e. The minimum Gasteiger partial charge on any atom is -0.467 e. The van der Waals surface area contributed by atoms with E-state index in [2.05, 4.69) is 0 Å². The molecule has 0 amide bonds. The third kappa shape index (κ3) is 23.3. The summed E-state index contributed by atoms with van der Waals surface area (Å²) >= 11 is 18.3. The van der Waals surface area contributed by atoms with Crippen molar-refractivity contribution in [2.75, 3.05) is 26.9 Å². The maximum Gasteiger partial charge on any atom is 0.339 e. The molecule has 0 radical (unpaired) electrons. The van der Waals surface area contributed by atoms with Gasteiger partial charge in [0, 0.05) is 41.5 Å². The van der Waals surface area contributed by atoms with Crippen molar-refractivity contribution < 1.29 is 152 Å². The van der Waals surface area contributed by atoms with E-state index in [1.54, 1.807) is 95.3 Å². The van der Waals surface area contributed by atoms with Crippen molar-refractivity contribution in [1.82, 2.24) is 0 Å². The van der Waals surface area contributed by atoms with Crippen molar-refractivity contribution in [2.45, 2.75) is 197 Å². The normalized spacial score (nSPS) is 26.6. The van der Waals surface area contributed by atoms with E-state index in [9.17, 15) is 57.5 Å². The summed E-state index contributed by atoms with van der Waals surface area (Å²) in [5.41, 5.74) is 2.94. The highest BCUT2D eigenvalue weighted by molar-refractivity contribution is 6.76. The number of hydrogen-bond donors (Lipinski definition) is 1. The van der Waals surface area contributed by atoms with E-state index in [0.717, 1.165) is 54.2 Å². The first-order valence-electron chi connectivity index (χ1n) is 35.2. The van der Waals surface area contributed by atoms with Crippen molar-refractivity contribution in [1.29, 1.82) is 5.41 Å². The molecule has 0 saturated carbocycles. The first-order chi connectivity index (χ1) is 53.9. The van der Waals surface area contributed by atoms with Gasteiger partial charge in [0.15, 0.2) is 67.5 Å². The van der Waals surface area contributed by atoms with Gasteiger partial charge in [0.05, 0.1) is 41.5 Å². The van der Waals surface area contributed by atoms with Crippen LogP contribution in [0.2, 0.25) is 0 Å². The van der Waals surface area contributed by atoms with Crippen LogP contribution in [-0.4, -0.2) is 225 Å². The molecule has 4 fully saturated rings. The average Bonchev–Trinajstić information content (AvgIpc) is 0.755. The fourth-order valence-electron chi connectivity index (χ4n) is 12.2. The zero-order valence-corrected chi connectivity index (χ0v) is 65.6. The Bertz CT molecular complexity index is 4310. The Morgan fingerprint density at radius 2 is 0.640 bits per heavy atom. The molecular formula is C78H82Cl3NO32. The van der Waals surface area contributed by atoms with E-state index in [-0.39, 0.29) is 27.8 Å². The minimum absolute atomic E-state index is 0.0798. The molecule has 4 aliphatic rings. The van der Waals surface area contributed by atoms with E-state index < -0.39 is 218 Å². The summed E-state index contributed by atoms with van der Waals surface area (Å²) in [7, 11) is 0.915. The van der Waals surface area contributed by atoms with Gasteiger partial charge in [-0.2, -0.15) is 0 Å². The summed E-state index contributed by atoms with van der Waals surface area (Å²) in [5.74, 6) is -14.9. The molecule has 4 saturated heterocycles. The van der Waals surface area contributed by atoms with Crippen LogP contribution in [0, 0.1) is 40.0 Å². The van der Waals surface area contributed by atoms with Crippen LogP contribution in [0.5, 0.6) is 0 Å². The van der Waals surface area contributed by atoms with Crippen LogP contribution in [0.4, 0.5) is 0 Å². The number of ether oxygens (including phenoxy) is 20. The van der Waals surface area contributed by atoms with Crippen molar-refractivity contribution >= 4 is 112 Å². The van der Waals surface area contributed by atoms with E-state index in [4.69, 9.17) is 135 Å². The summed E-state index contributed by atoms with van der Waals surface area (Å²) in [4.78, 5) is 169. The standard InChI is InChI=1S/C78H82Cl3NO32/c1-36-13-23-47(24-14-36)67(89)106-57-54(35-98-73(114-77(82)78(79,80)81)63(57)109-70(92)50-29-19-39(4)20-30-50)104-74-64(101-45(10)87)58(55(99-43(8)85)52(103-74)33-96-41(6)83)111-75-65(102-46(11)88)59(56(100-44(9)86)53(105-75)34-97-42(7)84)112-76-66(110-71(93)51-31-21-40(5)22-32-51)61(108-69(91)49-27-17-38(3)18-28-49)60(62(113-76)72(94)95-12)107-68(90)48-25-15-37(2)16-26-48/h13-32,52-66,73-76,82H,33-35H2,1-12H3/t52-,53-,54-,55+,56+,57+,58+,59+,60+,61+,62+,63-,64-,65-,66-,73+,74+,75+,76-/m1/s1. The van der Waals surface area contributed by atoms with Gasteiger partial charge in [-0.1, -0.05) is 123 Å². The fourth-order valence-corrected chi connectivity index (χ4v) is 12.3. The molecule has 4 aliphatic heterocycles. The lowest BCUT2D eigenvalue weighted by molar-refractivity contribution is -0.384. The van der Waals surface area contributed by atoms with Crippen LogP contribution in [0.25, 0.3) is 0 Å². The van der Waals surface area contributed by atoms with E-state index in [1.807, 2.05) is 0 Å². The molecule has 114 heavy (non-hydrogen) atoms. The van der Waals surface area contributed by atoms with Gasteiger partial charge in [0.25, 0.3) is 3.79 Å². The Balaban J connectivity index is 1.22. The number of methoxy groups -OCH3 is 1. The summed E-state index contributed by atoms with van der Waals surface area (Å²) in [6.45, 7) is 11.5. The molecule has 33 nitrogen and oxygen atoms in total. The molecule has 9 rings (SSSR count). The molecular weight excluding hydrogens is 1570 g/mol. The summed E-state index contributed by atoms with van der Waals surface area (Å²) in [5, 5.41) is 8.58. The largest absolute Gasteiger partial charge is 0.467 e.